The molecule has 0 aromatic heterocycles. The minimum Gasteiger partial charge on any atom is -0.492 e. The quantitative estimate of drug-likeness (QED) is 0.806. The van der Waals surface area contributed by atoms with Crippen molar-refractivity contribution >= 4 is 9.84 Å². The molecule has 0 radical (unpaired) electrons. The van der Waals surface area contributed by atoms with Crippen molar-refractivity contribution in [3.8, 4) is 5.75 Å². The highest BCUT2D eigenvalue weighted by Crippen LogP contribution is 2.34. The summed E-state index contributed by atoms with van der Waals surface area (Å²) >= 11 is 0. The molecule has 24 heavy (non-hydrogen) atoms. The van der Waals surface area contributed by atoms with Crippen LogP contribution in [0.15, 0.2) is 35.2 Å². The molecule has 8 heteroatoms. The van der Waals surface area contributed by atoms with Gasteiger partial charge in [0.05, 0.1) is 7.11 Å². The minimum absolute atomic E-state index is 0.195. The summed E-state index contributed by atoms with van der Waals surface area (Å²) in [4.78, 5) is -1.12. The lowest BCUT2D eigenvalue weighted by molar-refractivity contribution is 0.353. The Labute approximate surface area is 138 Å². The van der Waals surface area contributed by atoms with Gasteiger partial charge in [0, 0.05) is 12.1 Å². The van der Waals surface area contributed by atoms with Crippen LogP contribution < -0.4 is 10.1 Å². The average Bonchev–Trinajstić information content (AvgIpc) is 2.56. The van der Waals surface area contributed by atoms with E-state index in [1.54, 1.807) is 30.3 Å². The molecule has 0 fully saturated rings. The Hall–Kier alpha value is -2.06. The Kier molecular flexibility index (Phi) is 5.51. The highest BCUT2D eigenvalue weighted by molar-refractivity contribution is 7.91. The van der Waals surface area contributed by atoms with E-state index < -0.39 is 49.4 Å². The van der Waals surface area contributed by atoms with E-state index in [-0.39, 0.29) is 6.54 Å². The second-order valence-electron chi connectivity index (χ2n) is 5.10. The van der Waals surface area contributed by atoms with Gasteiger partial charge in [0.2, 0.25) is 0 Å². The Bertz CT molecular complexity index is 840. The third kappa shape index (κ3) is 3.54. The summed E-state index contributed by atoms with van der Waals surface area (Å²) in [6.07, 6.45) is 0. The van der Waals surface area contributed by atoms with Crippen LogP contribution in [0.3, 0.4) is 0 Å². The highest BCUT2D eigenvalue weighted by atomic mass is 32.2. The molecule has 4 nitrogen and oxygen atoms in total. The zero-order valence-corrected chi connectivity index (χ0v) is 13.9. The molecule has 0 aliphatic heterocycles. The van der Waals surface area contributed by atoms with Gasteiger partial charge in [-0.05, 0) is 12.5 Å². The van der Waals surface area contributed by atoms with Crippen LogP contribution in [0.25, 0.3) is 0 Å². The van der Waals surface area contributed by atoms with Crippen LogP contribution in [0.5, 0.6) is 5.75 Å². The van der Waals surface area contributed by atoms with Crippen molar-refractivity contribution in [2.75, 3.05) is 13.0 Å². The third-order valence-corrected chi connectivity index (χ3v) is 5.01. The Morgan fingerprint density at radius 3 is 2.25 bits per heavy atom. The maximum absolute atomic E-state index is 14.1. The number of hydrogen-bond donors (Lipinski definition) is 1. The SMILES string of the molecule is COc1c(F)c(C)c(F)c(F)c1S(=O)(=O)CNCc1ccccc1. The molecular weight excluding hydrogens is 343 g/mol. The topological polar surface area (TPSA) is 55.4 Å². The van der Waals surface area contributed by atoms with E-state index in [1.165, 1.54) is 0 Å². The number of hydrogen-bond acceptors (Lipinski definition) is 4. The van der Waals surface area contributed by atoms with Gasteiger partial charge < -0.3 is 4.74 Å². The van der Waals surface area contributed by atoms with Crippen molar-refractivity contribution in [1.82, 2.24) is 5.32 Å². The lowest BCUT2D eigenvalue weighted by atomic mass is 10.2. The molecule has 0 spiro atoms. The maximum atomic E-state index is 14.1. The molecule has 0 heterocycles. The van der Waals surface area contributed by atoms with Crippen molar-refractivity contribution in [2.24, 2.45) is 0 Å². The van der Waals surface area contributed by atoms with E-state index in [0.717, 1.165) is 19.6 Å². The normalized spacial score (nSPS) is 11.5. The van der Waals surface area contributed by atoms with Crippen molar-refractivity contribution < 1.29 is 26.3 Å². The smallest absolute Gasteiger partial charge is 0.198 e. The van der Waals surface area contributed by atoms with E-state index >= 15 is 0 Å². The Balaban J connectivity index is 2.32. The van der Waals surface area contributed by atoms with Crippen LogP contribution in [0.1, 0.15) is 11.1 Å². The van der Waals surface area contributed by atoms with Crippen LogP contribution in [0, 0.1) is 24.4 Å². The molecule has 2 aromatic rings. The van der Waals surface area contributed by atoms with Crippen LogP contribution in [-0.2, 0) is 16.4 Å². The first-order valence-corrected chi connectivity index (χ1v) is 8.63. The molecule has 2 rings (SSSR count). The molecule has 0 bridgehead atoms. The first kappa shape index (κ1) is 18.3. The third-order valence-electron chi connectivity index (χ3n) is 3.44. The molecule has 0 amide bonds. The van der Waals surface area contributed by atoms with Gasteiger partial charge >= 0.3 is 0 Å². The van der Waals surface area contributed by atoms with Crippen molar-refractivity contribution in [2.45, 2.75) is 18.4 Å². The molecule has 0 saturated carbocycles. The molecule has 0 atom stereocenters. The van der Waals surface area contributed by atoms with Gasteiger partial charge in [-0.15, -0.1) is 0 Å². The number of nitrogens with one attached hydrogen (secondary N) is 1. The summed E-state index contributed by atoms with van der Waals surface area (Å²) in [5.74, 6) is -5.95. The number of halogens is 3. The van der Waals surface area contributed by atoms with Crippen LogP contribution in [0.2, 0.25) is 0 Å². The summed E-state index contributed by atoms with van der Waals surface area (Å²) in [6, 6.07) is 8.90. The largest absolute Gasteiger partial charge is 0.492 e. The Morgan fingerprint density at radius 1 is 1.04 bits per heavy atom. The van der Waals surface area contributed by atoms with Gasteiger partial charge in [0.15, 0.2) is 37.9 Å². The lowest BCUT2D eigenvalue weighted by Crippen LogP contribution is -2.25. The maximum Gasteiger partial charge on any atom is 0.198 e. The molecular formula is C16H16F3NO3S. The van der Waals surface area contributed by atoms with Gasteiger partial charge in [-0.1, -0.05) is 30.3 Å². The van der Waals surface area contributed by atoms with E-state index in [4.69, 9.17) is 0 Å². The van der Waals surface area contributed by atoms with Crippen molar-refractivity contribution in [1.29, 1.82) is 0 Å². The fraction of sp³-hybridized carbons (Fsp3) is 0.250. The van der Waals surface area contributed by atoms with Gasteiger partial charge in [-0.3, -0.25) is 5.32 Å². The lowest BCUT2D eigenvalue weighted by Gasteiger charge is -2.14. The van der Waals surface area contributed by atoms with E-state index in [0.29, 0.717) is 0 Å². The zero-order valence-electron chi connectivity index (χ0n) is 13.1. The van der Waals surface area contributed by atoms with Crippen molar-refractivity contribution in [3.05, 3.63) is 58.9 Å². The summed E-state index contributed by atoms with van der Waals surface area (Å²) in [5.41, 5.74) is 0.168. The molecule has 0 unspecified atom stereocenters. The molecule has 0 aliphatic rings. The number of methoxy groups -OCH3 is 1. The molecule has 0 aliphatic carbocycles. The average molecular weight is 359 g/mol. The molecule has 1 N–H and O–H groups in total. The highest BCUT2D eigenvalue weighted by Gasteiger charge is 2.32. The summed E-state index contributed by atoms with van der Waals surface area (Å²) in [5, 5.41) is 2.62. The number of sulfone groups is 1. The van der Waals surface area contributed by atoms with Crippen molar-refractivity contribution in [3.63, 3.8) is 0 Å². The molecule has 2 aromatic carbocycles. The summed E-state index contributed by atoms with van der Waals surface area (Å²) < 4.78 is 71.1. The van der Waals surface area contributed by atoms with E-state index in [9.17, 15) is 21.6 Å². The predicted molar refractivity (Wildman–Crippen MR) is 82.9 cm³/mol. The van der Waals surface area contributed by atoms with Crippen LogP contribution >= 0.6 is 0 Å². The first-order chi connectivity index (χ1) is 11.3. The summed E-state index contributed by atoms with van der Waals surface area (Å²) in [7, 11) is -3.37. The standard InChI is InChI=1S/C16H16F3NO3S/c1-10-12(17)14(19)16(15(23-2)13(10)18)24(21,22)9-20-8-11-6-4-3-5-7-11/h3-7,20H,8-9H2,1-2H3. The van der Waals surface area contributed by atoms with Gasteiger partial charge in [-0.25, -0.2) is 21.6 Å². The van der Waals surface area contributed by atoms with Crippen LogP contribution in [-0.4, -0.2) is 21.4 Å². The second-order valence-corrected chi connectivity index (χ2v) is 7.03. The van der Waals surface area contributed by atoms with Gasteiger partial charge in [-0.2, -0.15) is 0 Å². The van der Waals surface area contributed by atoms with Gasteiger partial charge in [0.25, 0.3) is 0 Å². The van der Waals surface area contributed by atoms with E-state index in [2.05, 4.69) is 10.1 Å². The second kappa shape index (κ2) is 7.23. The Morgan fingerprint density at radius 2 is 1.67 bits per heavy atom. The van der Waals surface area contributed by atoms with E-state index in [1.807, 2.05) is 0 Å². The number of benzene rings is 2. The minimum atomic E-state index is -4.36. The monoisotopic (exact) mass is 359 g/mol. The first-order valence-electron chi connectivity index (χ1n) is 6.98. The fourth-order valence-electron chi connectivity index (χ4n) is 2.19. The van der Waals surface area contributed by atoms with Crippen LogP contribution in [0.4, 0.5) is 13.2 Å². The molecule has 130 valence electrons. The molecule has 0 saturated heterocycles. The summed E-state index contributed by atoms with van der Waals surface area (Å²) in [6.45, 7) is 1.20. The predicted octanol–water partition coefficient (Wildman–Crippen LogP) is 2.94. The number of ether oxygens (including phenoxy) is 1. The number of rotatable bonds is 6. The van der Waals surface area contributed by atoms with Gasteiger partial charge in [0.1, 0.15) is 5.88 Å². The zero-order chi connectivity index (χ0) is 17.9. The fourth-order valence-corrected chi connectivity index (χ4v) is 3.52.